The Morgan fingerprint density at radius 3 is 2.71 bits per heavy atom. The summed E-state index contributed by atoms with van der Waals surface area (Å²) in [5.74, 6) is -1.44. The summed E-state index contributed by atoms with van der Waals surface area (Å²) in [5.41, 5.74) is 0. The number of amides is 1. The van der Waals surface area contributed by atoms with Gasteiger partial charge in [-0.05, 0) is 13.3 Å². The molecule has 1 rings (SSSR count). The maximum absolute atomic E-state index is 11.8. The number of hydrogen-bond acceptors (Lipinski definition) is 5. The van der Waals surface area contributed by atoms with Gasteiger partial charge in [0.05, 0.1) is 4.91 Å². The molecule has 0 aromatic rings. The Balaban J connectivity index is 2.63. The summed E-state index contributed by atoms with van der Waals surface area (Å²) in [5, 5.41) is 8.49. The lowest BCUT2D eigenvalue weighted by atomic mass is 10.3. The van der Waals surface area contributed by atoms with Gasteiger partial charge in [-0.25, -0.2) is 0 Å². The first-order chi connectivity index (χ1) is 7.91. The number of carboxylic acids is 1. The molecule has 0 atom stereocenters. The second-order valence-electron chi connectivity index (χ2n) is 3.44. The molecule has 1 aliphatic heterocycles. The van der Waals surface area contributed by atoms with Crippen molar-refractivity contribution < 1.29 is 19.5 Å². The number of aliphatic carboxylic acids is 1. The number of carbonyl (C=O) groups excluding carboxylic acids is 2. The van der Waals surface area contributed by atoms with Crippen molar-refractivity contribution in [2.75, 3.05) is 6.54 Å². The summed E-state index contributed by atoms with van der Waals surface area (Å²) in [7, 11) is 0. The average molecular weight is 273 g/mol. The van der Waals surface area contributed by atoms with E-state index in [2.05, 4.69) is 0 Å². The summed E-state index contributed by atoms with van der Waals surface area (Å²) >= 11 is 6.06. The molecule has 1 saturated heterocycles. The highest BCUT2D eigenvalue weighted by Gasteiger charge is 2.31. The number of thiocarbonyl (C=S) groups is 1. The number of carbonyl (C=O) groups is 3. The Hall–Kier alpha value is -1.21. The molecule has 92 valence electrons. The molecule has 0 radical (unpaired) electrons. The molecule has 1 N–H and O–H groups in total. The number of rotatable bonds is 5. The first-order valence-electron chi connectivity index (χ1n) is 4.89. The maximum atomic E-state index is 11.8. The fourth-order valence-corrected chi connectivity index (χ4v) is 2.60. The van der Waals surface area contributed by atoms with Crippen molar-refractivity contribution in [2.45, 2.75) is 19.8 Å². The van der Waals surface area contributed by atoms with Crippen LogP contribution in [0.1, 0.15) is 19.8 Å². The first-order valence-corrected chi connectivity index (χ1v) is 6.12. The highest BCUT2D eigenvalue weighted by molar-refractivity contribution is 8.26. The van der Waals surface area contributed by atoms with Gasteiger partial charge in [0.1, 0.15) is 4.32 Å². The molecule has 1 amide bonds. The van der Waals surface area contributed by atoms with Crippen molar-refractivity contribution in [3.8, 4) is 0 Å². The van der Waals surface area contributed by atoms with Gasteiger partial charge >= 0.3 is 5.97 Å². The van der Waals surface area contributed by atoms with Crippen LogP contribution in [0.15, 0.2) is 11.0 Å². The van der Waals surface area contributed by atoms with E-state index in [0.29, 0.717) is 15.6 Å². The second kappa shape index (κ2) is 5.92. The van der Waals surface area contributed by atoms with Crippen LogP contribution in [0.5, 0.6) is 0 Å². The van der Waals surface area contributed by atoms with Crippen LogP contribution in [0.4, 0.5) is 0 Å². The van der Waals surface area contributed by atoms with Crippen LogP contribution in [0.25, 0.3) is 0 Å². The van der Waals surface area contributed by atoms with Crippen LogP contribution in [-0.4, -0.2) is 38.5 Å². The van der Waals surface area contributed by atoms with E-state index in [1.807, 2.05) is 0 Å². The predicted molar refractivity (Wildman–Crippen MR) is 67.5 cm³/mol. The van der Waals surface area contributed by atoms with Crippen LogP contribution in [0.2, 0.25) is 0 Å². The van der Waals surface area contributed by atoms with E-state index < -0.39 is 5.97 Å². The van der Waals surface area contributed by atoms with Crippen LogP contribution in [0, 0.1) is 0 Å². The molecular formula is C10H11NO4S2. The Bertz CT molecular complexity index is 417. The Morgan fingerprint density at radius 2 is 2.18 bits per heavy atom. The number of carboxylic acid groups (broad SMARTS) is 1. The van der Waals surface area contributed by atoms with E-state index in [1.165, 1.54) is 17.9 Å². The van der Waals surface area contributed by atoms with Gasteiger partial charge in [0.25, 0.3) is 5.91 Å². The average Bonchev–Trinajstić information content (AvgIpc) is 2.44. The molecule has 17 heavy (non-hydrogen) atoms. The summed E-state index contributed by atoms with van der Waals surface area (Å²) < 4.78 is 0.368. The first kappa shape index (κ1) is 13.9. The number of ketones is 1. The van der Waals surface area contributed by atoms with Crippen molar-refractivity contribution >= 4 is 46.0 Å². The number of allylic oxidation sites excluding steroid dienone is 1. The van der Waals surface area contributed by atoms with Gasteiger partial charge in [0.2, 0.25) is 0 Å². The zero-order valence-electron chi connectivity index (χ0n) is 9.13. The topological polar surface area (TPSA) is 74.7 Å². The second-order valence-corrected chi connectivity index (χ2v) is 5.12. The lowest BCUT2D eigenvalue weighted by Gasteiger charge is -2.12. The van der Waals surface area contributed by atoms with Crippen molar-refractivity contribution in [3.63, 3.8) is 0 Å². The van der Waals surface area contributed by atoms with Crippen molar-refractivity contribution in [1.82, 2.24) is 4.90 Å². The minimum atomic E-state index is -0.908. The highest BCUT2D eigenvalue weighted by Crippen LogP contribution is 2.30. The SMILES string of the molecule is CC(=O)/C=C1\SC(=S)N(CCCC(=O)O)C1=O. The molecule has 5 nitrogen and oxygen atoms in total. The third-order valence-electron chi connectivity index (χ3n) is 1.98. The van der Waals surface area contributed by atoms with E-state index in [1.54, 1.807) is 0 Å². The van der Waals surface area contributed by atoms with Crippen LogP contribution < -0.4 is 0 Å². The molecular weight excluding hydrogens is 262 g/mol. The van der Waals surface area contributed by atoms with Gasteiger partial charge in [-0.15, -0.1) is 0 Å². The lowest BCUT2D eigenvalue weighted by molar-refractivity contribution is -0.137. The van der Waals surface area contributed by atoms with E-state index in [9.17, 15) is 14.4 Å². The molecule has 7 heteroatoms. The van der Waals surface area contributed by atoms with Crippen LogP contribution in [0.3, 0.4) is 0 Å². The van der Waals surface area contributed by atoms with E-state index in [4.69, 9.17) is 17.3 Å². The monoisotopic (exact) mass is 273 g/mol. The standard InChI is InChI=1S/C10H11NO4S2/c1-6(12)5-7-9(15)11(10(16)17-7)4-2-3-8(13)14/h5H,2-4H2,1H3,(H,13,14)/b7-5-. The molecule has 0 aromatic heterocycles. The molecule has 1 aliphatic rings. The summed E-state index contributed by atoms with van der Waals surface area (Å²) in [4.78, 5) is 34.6. The molecule has 0 aromatic carbocycles. The molecule has 1 heterocycles. The van der Waals surface area contributed by atoms with Crippen LogP contribution >= 0.6 is 24.0 Å². The molecule has 0 saturated carbocycles. The third kappa shape index (κ3) is 3.94. The number of thioether (sulfide) groups is 1. The Labute approximate surface area is 108 Å². The van der Waals surface area contributed by atoms with Crippen LogP contribution in [-0.2, 0) is 14.4 Å². The fraction of sp³-hybridized carbons (Fsp3) is 0.400. The van der Waals surface area contributed by atoms with Crippen molar-refractivity contribution in [3.05, 3.63) is 11.0 Å². The number of nitrogens with zero attached hydrogens (tertiary/aromatic N) is 1. The molecule has 0 spiro atoms. The van der Waals surface area contributed by atoms with Crippen molar-refractivity contribution in [1.29, 1.82) is 0 Å². The van der Waals surface area contributed by atoms with Gasteiger partial charge in [0, 0.05) is 19.0 Å². The molecule has 1 fully saturated rings. The van der Waals surface area contributed by atoms with Gasteiger partial charge in [-0.2, -0.15) is 0 Å². The fourth-order valence-electron chi connectivity index (χ4n) is 1.27. The van der Waals surface area contributed by atoms with Crippen molar-refractivity contribution in [2.24, 2.45) is 0 Å². The van der Waals surface area contributed by atoms with Gasteiger partial charge in [-0.3, -0.25) is 19.3 Å². The molecule has 0 unspecified atom stereocenters. The normalized spacial score (nSPS) is 17.9. The summed E-state index contributed by atoms with van der Waals surface area (Å²) in [6.45, 7) is 1.63. The minimum Gasteiger partial charge on any atom is -0.481 e. The Morgan fingerprint density at radius 1 is 1.53 bits per heavy atom. The summed E-state index contributed by atoms with van der Waals surface area (Å²) in [6, 6.07) is 0. The van der Waals surface area contributed by atoms with E-state index in [0.717, 1.165) is 11.8 Å². The largest absolute Gasteiger partial charge is 0.481 e. The van der Waals surface area contributed by atoms with E-state index >= 15 is 0 Å². The molecule has 0 aliphatic carbocycles. The predicted octanol–water partition coefficient (Wildman–Crippen LogP) is 1.18. The molecule has 0 bridgehead atoms. The smallest absolute Gasteiger partial charge is 0.303 e. The summed E-state index contributed by atoms with van der Waals surface area (Å²) in [6.07, 6.45) is 1.58. The van der Waals surface area contributed by atoms with Gasteiger partial charge in [-0.1, -0.05) is 24.0 Å². The van der Waals surface area contributed by atoms with Gasteiger partial charge < -0.3 is 5.11 Å². The highest BCUT2D eigenvalue weighted by atomic mass is 32.2. The zero-order valence-corrected chi connectivity index (χ0v) is 10.8. The Kier molecular flexibility index (Phi) is 4.83. The third-order valence-corrected chi connectivity index (χ3v) is 3.36. The van der Waals surface area contributed by atoms with Gasteiger partial charge in [0.15, 0.2) is 5.78 Å². The zero-order chi connectivity index (χ0) is 13.0. The lowest BCUT2D eigenvalue weighted by Crippen LogP contribution is -2.29. The van der Waals surface area contributed by atoms with E-state index in [-0.39, 0.29) is 24.7 Å². The quantitative estimate of drug-likeness (QED) is 0.599. The number of hydrogen-bond donors (Lipinski definition) is 1. The maximum Gasteiger partial charge on any atom is 0.303 e. The minimum absolute atomic E-state index is 0.0111.